The van der Waals surface area contributed by atoms with Gasteiger partial charge in [-0.1, -0.05) is 56.6 Å². The van der Waals surface area contributed by atoms with E-state index in [9.17, 15) is 9.59 Å². The van der Waals surface area contributed by atoms with Crippen LogP contribution in [0.25, 0.3) is 11.2 Å². The summed E-state index contributed by atoms with van der Waals surface area (Å²) >= 11 is 0. The van der Waals surface area contributed by atoms with Gasteiger partial charge in [-0.2, -0.15) is 0 Å². The largest absolute Gasteiger partial charge is 0.332 e. The normalized spacial score (nSPS) is 14.0. The molecule has 26 heavy (non-hydrogen) atoms. The van der Waals surface area contributed by atoms with Crippen molar-refractivity contribution in [1.29, 1.82) is 0 Å². The highest BCUT2D eigenvalue weighted by atomic mass is 16.2. The van der Waals surface area contributed by atoms with Crippen LogP contribution in [0.15, 0.2) is 51.9 Å². The van der Waals surface area contributed by atoms with Gasteiger partial charge in [0.15, 0.2) is 11.2 Å². The van der Waals surface area contributed by atoms with Crippen LogP contribution in [0.5, 0.6) is 0 Å². The van der Waals surface area contributed by atoms with Gasteiger partial charge in [0.05, 0.1) is 6.33 Å². The molecule has 0 saturated heterocycles. The molecular weight excluding hydrogens is 328 g/mol. The second-order valence-corrected chi connectivity index (χ2v) is 6.75. The molecule has 0 spiro atoms. The van der Waals surface area contributed by atoms with Crippen LogP contribution in [-0.4, -0.2) is 18.7 Å². The third kappa shape index (κ3) is 3.64. The molecule has 1 aliphatic carbocycles. The minimum atomic E-state index is -0.288. The predicted octanol–water partition coefficient (Wildman–Crippen LogP) is 2.92. The van der Waals surface area contributed by atoms with E-state index in [0.717, 1.165) is 32.1 Å². The summed E-state index contributed by atoms with van der Waals surface area (Å²) in [5.74, 6) is 0. The molecular formula is C20H26N4O2. The number of imidazole rings is 1. The quantitative estimate of drug-likeness (QED) is 0.718. The first-order chi connectivity index (χ1) is 12.6. The van der Waals surface area contributed by atoms with Crippen LogP contribution in [-0.2, 0) is 20.1 Å². The monoisotopic (exact) mass is 354 g/mol. The maximum atomic E-state index is 13.0. The molecule has 138 valence electrons. The minimum Gasteiger partial charge on any atom is -0.321 e. The van der Waals surface area contributed by atoms with Crippen molar-refractivity contribution in [3.8, 4) is 0 Å². The Morgan fingerprint density at radius 3 is 2.77 bits per heavy atom. The fourth-order valence-corrected chi connectivity index (χ4v) is 3.29. The molecule has 2 aromatic rings. The van der Waals surface area contributed by atoms with Crippen LogP contribution < -0.4 is 11.2 Å². The molecule has 0 fully saturated rings. The Hall–Kier alpha value is -2.63. The van der Waals surface area contributed by atoms with E-state index in [4.69, 9.17) is 0 Å². The summed E-state index contributed by atoms with van der Waals surface area (Å²) in [5.41, 5.74) is 1.61. The highest BCUT2D eigenvalue weighted by Crippen LogP contribution is 2.13. The van der Waals surface area contributed by atoms with Gasteiger partial charge < -0.3 is 4.57 Å². The van der Waals surface area contributed by atoms with Gasteiger partial charge in [-0.15, -0.1) is 0 Å². The van der Waals surface area contributed by atoms with Crippen molar-refractivity contribution in [1.82, 2.24) is 18.7 Å². The van der Waals surface area contributed by atoms with Gasteiger partial charge in [0.2, 0.25) is 0 Å². The van der Waals surface area contributed by atoms with Crippen LogP contribution in [0.4, 0.5) is 0 Å². The van der Waals surface area contributed by atoms with Crippen molar-refractivity contribution in [3.05, 3.63) is 63.1 Å². The molecule has 0 bridgehead atoms. The number of hydrogen-bond acceptors (Lipinski definition) is 3. The summed E-state index contributed by atoms with van der Waals surface area (Å²) in [6, 6.07) is 0. The molecule has 0 radical (unpaired) electrons. The van der Waals surface area contributed by atoms with E-state index in [2.05, 4.69) is 24.1 Å². The molecule has 0 aromatic carbocycles. The number of aryl methyl sites for hydroxylation is 1. The highest BCUT2D eigenvalue weighted by molar-refractivity contribution is 5.70. The van der Waals surface area contributed by atoms with E-state index >= 15 is 0 Å². The maximum Gasteiger partial charge on any atom is 0.332 e. The molecule has 0 saturated carbocycles. The predicted molar refractivity (Wildman–Crippen MR) is 104 cm³/mol. The zero-order chi connectivity index (χ0) is 18.5. The van der Waals surface area contributed by atoms with Crippen LogP contribution in [0, 0.1) is 0 Å². The molecule has 0 unspecified atom stereocenters. The van der Waals surface area contributed by atoms with Gasteiger partial charge in [0, 0.05) is 20.1 Å². The topological polar surface area (TPSA) is 61.8 Å². The number of unbranched alkanes of at least 4 members (excludes halogenated alkanes) is 3. The van der Waals surface area contributed by atoms with Gasteiger partial charge in [0.25, 0.3) is 5.56 Å². The first-order valence-corrected chi connectivity index (χ1v) is 9.29. The van der Waals surface area contributed by atoms with Crippen LogP contribution in [0.1, 0.15) is 39.0 Å². The molecule has 6 heteroatoms. The number of fused-ring (bicyclic) bond motifs is 1. The lowest BCUT2D eigenvalue weighted by molar-refractivity contribution is 0.538. The van der Waals surface area contributed by atoms with Crippen molar-refractivity contribution in [3.63, 3.8) is 0 Å². The smallest absolute Gasteiger partial charge is 0.321 e. The zero-order valence-corrected chi connectivity index (χ0v) is 15.5. The molecule has 0 amide bonds. The van der Waals surface area contributed by atoms with Crippen LogP contribution >= 0.6 is 0 Å². The Balaban J connectivity index is 1.99. The van der Waals surface area contributed by atoms with E-state index in [1.54, 1.807) is 13.4 Å². The standard InChI is InChI=1S/C20H26N4O2/c1-3-4-5-10-13-24-19(25)17-18(22(2)20(24)26)21-15-23(17)14-16-11-8-6-7-9-12-16/h6-9,11,15H,3-5,10,12-14H2,1-2H3. The van der Waals surface area contributed by atoms with E-state index in [-0.39, 0.29) is 11.2 Å². The Morgan fingerprint density at radius 2 is 1.96 bits per heavy atom. The average Bonchev–Trinajstić information content (AvgIpc) is 2.87. The first-order valence-electron chi connectivity index (χ1n) is 9.29. The fourth-order valence-electron chi connectivity index (χ4n) is 3.29. The number of hydrogen-bond donors (Lipinski definition) is 0. The number of allylic oxidation sites excluding steroid dienone is 6. The lowest BCUT2D eigenvalue weighted by Crippen LogP contribution is -2.39. The summed E-state index contributed by atoms with van der Waals surface area (Å²) in [6.07, 6.45) is 16.8. The van der Waals surface area contributed by atoms with E-state index in [1.807, 2.05) is 22.8 Å². The van der Waals surface area contributed by atoms with Crippen molar-refractivity contribution in [2.75, 3.05) is 0 Å². The van der Waals surface area contributed by atoms with Gasteiger partial charge in [-0.3, -0.25) is 13.9 Å². The minimum absolute atomic E-state index is 0.239. The molecule has 0 N–H and O–H groups in total. The molecule has 6 nitrogen and oxygen atoms in total. The maximum absolute atomic E-state index is 13.0. The summed E-state index contributed by atoms with van der Waals surface area (Å²) in [7, 11) is 1.68. The molecule has 3 rings (SSSR count). The van der Waals surface area contributed by atoms with Gasteiger partial charge >= 0.3 is 5.69 Å². The van der Waals surface area contributed by atoms with Gasteiger partial charge in [-0.05, 0) is 18.4 Å². The lowest BCUT2D eigenvalue weighted by Gasteiger charge is -2.10. The van der Waals surface area contributed by atoms with Gasteiger partial charge in [-0.25, -0.2) is 9.78 Å². The van der Waals surface area contributed by atoms with Gasteiger partial charge in [0.1, 0.15) is 0 Å². The molecule has 0 atom stereocenters. The number of nitrogens with zero attached hydrogens (tertiary/aromatic N) is 4. The SMILES string of the molecule is CCCCCCn1c(=O)c2c(ncn2CC2=CC=CC=CC2)n(C)c1=O. The third-order valence-corrected chi connectivity index (χ3v) is 4.78. The summed E-state index contributed by atoms with van der Waals surface area (Å²) in [5, 5.41) is 0. The van der Waals surface area contributed by atoms with E-state index in [0.29, 0.717) is 24.3 Å². The van der Waals surface area contributed by atoms with Crippen LogP contribution in [0.2, 0.25) is 0 Å². The lowest BCUT2D eigenvalue weighted by atomic mass is 10.2. The highest BCUT2D eigenvalue weighted by Gasteiger charge is 2.16. The third-order valence-electron chi connectivity index (χ3n) is 4.78. The van der Waals surface area contributed by atoms with E-state index in [1.165, 1.54) is 14.7 Å². The molecule has 1 aliphatic rings. The molecule has 2 heterocycles. The summed E-state index contributed by atoms with van der Waals surface area (Å²) in [4.78, 5) is 29.9. The van der Waals surface area contributed by atoms with E-state index < -0.39 is 0 Å². The zero-order valence-electron chi connectivity index (χ0n) is 15.5. The second-order valence-electron chi connectivity index (χ2n) is 6.75. The second kappa shape index (κ2) is 8.17. The van der Waals surface area contributed by atoms with Crippen molar-refractivity contribution >= 4 is 11.2 Å². The van der Waals surface area contributed by atoms with Crippen molar-refractivity contribution in [2.24, 2.45) is 7.05 Å². The first kappa shape index (κ1) is 18.2. The van der Waals surface area contributed by atoms with Crippen LogP contribution in [0.3, 0.4) is 0 Å². The summed E-state index contributed by atoms with van der Waals surface area (Å²) in [6.45, 7) is 3.19. The number of aromatic nitrogens is 4. The van der Waals surface area contributed by atoms with Crippen molar-refractivity contribution < 1.29 is 0 Å². The fraction of sp³-hybridized carbons (Fsp3) is 0.450. The summed E-state index contributed by atoms with van der Waals surface area (Å²) < 4.78 is 4.70. The molecule has 0 aliphatic heterocycles. The number of rotatable bonds is 7. The Morgan fingerprint density at radius 1 is 1.12 bits per heavy atom. The Bertz CT molecular complexity index is 986. The Labute approximate surface area is 152 Å². The Kier molecular flexibility index (Phi) is 5.71. The molecule has 2 aromatic heterocycles. The van der Waals surface area contributed by atoms with Crippen molar-refractivity contribution in [2.45, 2.75) is 52.1 Å². The average molecular weight is 354 g/mol.